The molecule has 0 spiro atoms. The Bertz CT molecular complexity index is 734. The van der Waals surface area contributed by atoms with Crippen LogP contribution in [0.2, 0.25) is 5.02 Å². The van der Waals surface area contributed by atoms with Crippen LogP contribution in [0.15, 0.2) is 40.9 Å². The smallest absolute Gasteiger partial charge is 0.337 e. The Morgan fingerprint density at radius 3 is 2.48 bits per heavy atom. The fourth-order valence-corrected chi connectivity index (χ4v) is 2.28. The molecule has 0 radical (unpaired) electrons. The number of carbonyl (C=O) groups excluding carboxylic acids is 1. The predicted octanol–water partition coefficient (Wildman–Crippen LogP) is 3.64. The number of amides is 1. The molecule has 4 N–H and O–H groups in total. The molecule has 2 rings (SSSR count). The van der Waals surface area contributed by atoms with Crippen molar-refractivity contribution in [3.63, 3.8) is 0 Å². The van der Waals surface area contributed by atoms with Crippen molar-refractivity contribution >= 4 is 50.8 Å². The van der Waals surface area contributed by atoms with Crippen molar-refractivity contribution in [1.82, 2.24) is 0 Å². The number of nitrogen functional groups attached to an aromatic ring is 1. The van der Waals surface area contributed by atoms with Crippen molar-refractivity contribution in [3.05, 3.63) is 57.0 Å². The largest absolute Gasteiger partial charge is 0.478 e. The molecule has 0 aliphatic heterocycles. The van der Waals surface area contributed by atoms with Gasteiger partial charge in [-0.25, -0.2) is 4.79 Å². The average Bonchev–Trinajstić information content (AvgIpc) is 2.40. The Kier molecular flexibility index (Phi) is 4.50. The summed E-state index contributed by atoms with van der Waals surface area (Å²) in [6.45, 7) is 0. The molecule has 5 nitrogen and oxygen atoms in total. The normalized spacial score (nSPS) is 10.2. The van der Waals surface area contributed by atoms with Crippen LogP contribution in [-0.4, -0.2) is 17.0 Å². The van der Waals surface area contributed by atoms with E-state index in [2.05, 4.69) is 21.2 Å². The summed E-state index contributed by atoms with van der Waals surface area (Å²) < 4.78 is 0.760. The number of carboxylic acids is 1. The molecule has 0 aliphatic carbocycles. The summed E-state index contributed by atoms with van der Waals surface area (Å²) >= 11 is 9.02. The lowest BCUT2D eigenvalue weighted by molar-refractivity contribution is 0.0696. The van der Waals surface area contributed by atoms with Crippen LogP contribution >= 0.6 is 27.5 Å². The van der Waals surface area contributed by atoms with Crippen LogP contribution in [0, 0.1) is 0 Å². The van der Waals surface area contributed by atoms with Crippen LogP contribution in [0.1, 0.15) is 20.7 Å². The lowest BCUT2D eigenvalue weighted by atomic mass is 10.1. The van der Waals surface area contributed by atoms with E-state index in [0.29, 0.717) is 16.9 Å². The van der Waals surface area contributed by atoms with Gasteiger partial charge in [0.2, 0.25) is 0 Å². The number of nitrogens with two attached hydrogens (primary N) is 1. The number of hydrogen-bond donors (Lipinski definition) is 3. The van der Waals surface area contributed by atoms with Gasteiger partial charge in [0.05, 0.1) is 16.1 Å². The van der Waals surface area contributed by atoms with Gasteiger partial charge in [0, 0.05) is 15.8 Å². The summed E-state index contributed by atoms with van der Waals surface area (Å²) in [7, 11) is 0. The minimum atomic E-state index is -1.17. The van der Waals surface area contributed by atoms with Crippen molar-refractivity contribution in [2.45, 2.75) is 0 Å². The van der Waals surface area contributed by atoms with E-state index in [9.17, 15) is 9.59 Å². The monoisotopic (exact) mass is 368 g/mol. The second-order valence-electron chi connectivity index (χ2n) is 4.19. The second-order valence-corrected chi connectivity index (χ2v) is 5.51. The summed E-state index contributed by atoms with van der Waals surface area (Å²) in [5, 5.41) is 11.7. The molecule has 2 aromatic carbocycles. The maximum atomic E-state index is 12.1. The van der Waals surface area contributed by atoms with E-state index in [4.69, 9.17) is 22.4 Å². The molecule has 1 amide bonds. The minimum Gasteiger partial charge on any atom is -0.478 e. The van der Waals surface area contributed by atoms with Gasteiger partial charge in [-0.15, -0.1) is 0 Å². The first-order valence-corrected chi connectivity index (χ1v) is 6.95. The number of benzene rings is 2. The summed E-state index contributed by atoms with van der Waals surface area (Å²) in [6.07, 6.45) is 0. The summed E-state index contributed by atoms with van der Waals surface area (Å²) in [4.78, 5) is 23.1. The van der Waals surface area contributed by atoms with E-state index in [1.807, 2.05) is 0 Å². The van der Waals surface area contributed by atoms with Gasteiger partial charge in [-0.1, -0.05) is 27.5 Å². The lowest BCUT2D eigenvalue weighted by Crippen LogP contribution is -2.14. The molecule has 0 saturated heterocycles. The van der Waals surface area contributed by atoms with Gasteiger partial charge in [-0.2, -0.15) is 0 Å². The molecule has 2 aromatic rings. The first-order valence-electron chi connectivity index (χ1n) is 5.77. The number of carboxylic acid groups (broad SMARTS) is 1. The van der Waals surface area contributed by atoms with E-state index in [0.717, 1.165) is 4.47 Å². The van der Waals surface area contributed by atoms with Crippen molar-refractivity contribution in [2.24, 2.45) is 0 Å². The highest BCUT2D eigenvalue weighted by atomic mass is 79.9. The number of hydrogen-bond acceptors (Lipinski definition) is 3. The van der Waals surface area contributed by atoms with Crippen LogP contribution in [0.25, 0.3) is 0 Å². The number of anilines is 2. The zero-order chi connectivity index (χ0) is 15.6. The Hall–Kier alpha value is -2.05. The molecular formula is C14H10BrClN2O3. The van der Waals surface area contributed by atoms with Crippen molar-refractivity contribution < 1.29 is 14.7 Å². The van der Waals surface area contributed by atoms with Gasteiger partial charge in [0.1, 0.15) is 0 Å². The Balaban J connectivity index is 2.27. The summed E-state index contributed by atoms with van der Waals surface area (Å²) in [5.74, 6) is -1.60. The van der Waals surface area contributed by atoms with E-state index >= 15 is 0 Å². The van der Waals surface area contributed by atoms with Crippen molar-refractivity contribution in [1.29, 1.82) is 0 Å². The van der Waals surface area contributed by atoms with Gasteiger partial charge < -0.3 is 16.2 Å². The van der Waals surface area contributed by atoms with Gasteiger partial charge in [-0.05, 0) is 36.4 Å². The first kappa shape index (κ1) is 15.3. The highest BCUT2D eigenvalue weighted by Crippen LogP contribution is 2.23. The SMILES string of the molecule is Nc1cc(Br)ccc1C(=O)Nc1ccc(Cl)c(C(=O)O)c1. The van der Waals surface area contributed by atoms with Crippen LogP contribution in [0.3, 0.4) is 0 Å². The third-order valence-electron chi connectivity index (χ3n) is 2.71. The zero-order valence-electron chi connectivity index (χ0n) is 10.6. The van der Waals surface area contributed by atoms with Crippen LogP contribution in [0.5, 0.6) is 0 Å². The van der Waals surface area contributed by atoms with E-state index in [1.54, 1.807) is 18.2 Å². The number of aromatic carboxylic acids is 1. The minimum absolute atomic E-state index is 0.0850. The van der Waals surface area contributed by atoms with Gasteiger partial charge >= 0.3 is 5.97 Å². The number of rotatable bonds is 3. The summed E-state index contributed by atoms with van der Waals surface area (Å²) in [6, 6.07) is 9.09. The Labute approximate surface area is 133 Å². The number of halogens is 2. The third kappa shape index (κ3) is 3.53. The summed E-state index contributed by atoms with van der Waals surface area (Å²) in [5.41, 5.74) is 6.62. The van der Waals surface area contributed by atoms with Gasteiger partial charge in [0.25, 0.3) is 5.91 Å². The van der Waals surface area contributed by atoms with E-state index in [1.165, 1.54) is 18.2 Å². The van der Waals surface area contributed by atoms with Crippen LogP contribution in [-0.2, 0) is 0 Å². The molecule has 0 aromatic heterocycles. The van der Waals surface area contributed by atoms with Gasteiger partial charge in [-0.3, -0.25) is 4.79 Å². The molecule has 0 atom stereocenters. The molecule has 0 unspecified atom stereocenters. The molecule has 21 heavy (non-hydrogen) atoms. The molecule has 108 valence electrons. The zero-order valence-corrected chi connectivity index (χ0v) is 12.9. The van der Waals surface area contributed by atoms with Crippen molar-refractivity contribution in [3.8, 4) is 0 Å². The van der Waals surface area contributed by atoms with Crippen LogP contribution < -0.4 is 11.1 Å². The highest BCUT2D eigenvalue weighted by Gasteiger charge is 2.13. The molecule has 0 aliphatic rings. The average molecular weight is 370 g/mol. The molecule has 0 heterocycles. The van der Waals surface area contributed by atoms with Gasteiger partial charge in [0.15, 0.2) is 0 Å². The van der Waals surface area contributed by atoms with E-state index < -0.39 is 11.9 Å². The Morgan fingerprint density at radius 2 is 1.86 bits per heavy atom. The molecule has 0 saturated carbocycles. The maximum absolute atomic E-state index is 12.1. The number of nitrogens with one attached hydrogen (secondary N) is 1. The topological polar surface area (TPSA) is 92.4 Å². The molecule has 0 bridgehead atoms. The second kappa shape index (κ2) is 6.15. The van der Waals surface area contributed by atoms with Crippen LogP contribution in [0.4, 0.5) is 11.4 Å². The fraction of sp³-hybridized carbons (Fsp3) is 0. The van der Waals surface area contributed by atoms with E-state index in [-0.39, 0.29) is 10.6 Å². The Morgan fingerprint density at radius 1 is 1.14 bits per heavy atom. The predicted molar refractivity (Wildman–Crippen MR) is 84.9 cm³/mol. The fourth-order valence-electron chi connectivity index (χ4n) is 1.71. The first-order chi connectivity index (χ1) is 9.88. The lowest BCUT2D eigenvalue weighted by Gasteiger charge is -2.09. The molecule has 7 heteroatoms. The molecule has 0 fully saturated rings. The maximum Gasteiger partial charge on any atom is 0.337 e. The van der Waals surface area contributed by atoms with Crippen molar-refractivity contribution in [2.75, 3.05) is 11.1 Å². The third-order valence-corrected chi connectivity index (χ3v) is 3.54. The molecular weight excluding hydrogens is 360 g/mol. The highest BCUT2D eigenvalue weighted by molar-refractivity contribution is 9.10. The number of carbonyl (C=O) groups is 2. The quantitative estimate of drug-likeness (QED) is 0.720. The standard InChI is InChI=1S/C14H10BrClN2O3/c15-7-1-3-9(12(17)5-7)13(19)18-8-2-4-11(16)10(6-8)14(20)21/h1-6H,17H2,(H,18,19)(H,20,21).